The maximum Gasteiger partial charge on any atom is 0.338 e. The van der Waals surface area contributed by atoms with Crippen molar-refractivity contribution in [3.63, 3.8) is 0 Å². The molecule has 6 aliphatic rings. The molecule has 0 aromatic heterocycles. The van der Waals surface area contributed by atoms with Gasteiger partial charge in [0.05, 0.1) is 23.7 Å². The van der Waals surface area contributed by atoms with Gasteiger partial charge in [0.25, 0.3) is 0 Å². The van der Waals surface area contributed by atoms with Crippen LogP contribution in [0.4, 0.5) is 0 Å². The fourth-order valence-corrected chi connectivity index (χ4v) is 8.16. The predicted molar refractivity (Wildman–Crippen MR) is 105 cm³/mol. The van der Waals surface area contributed by atoms with Crippen LogP contribution in [-0.4, -0.2) is 40.1 Å². The molecule has 3 bridgehead atoms. The Morgan fingerprint density at radius 2 is 1.93 bits per heavy atom. The van der Waals surface area contributed by atoms with Crippen molar-refractivity contribution >= 4 is 5.97 Å². The molecule has 12 atom stereocenters. The number of allylic oxidation sites excluding steroid dienone is 1. The van der Waals surface area contributed by atoms with Gasteiger partial charge in [-0.2, -0.15) is 0 Å². The zero-order chi connectivity index (χ0) is 20.4. The van der Waals surface area contributed by atoms with E-state index in [1.54, 1.807) is 0 Å². The monoisotopic (exact) mass is 400 g/mol. The number of fused-ring (bicyclic) bond motifs is 9. The van der Waals surface area contributed by atoms with Crippen LogP contribution in [-0.2, 0) is 14.3 Å². The summed E-state index contributed by atoms with van der Waals surface area (Å²) in [6, 6.07) is 0. The standard InChI is InChI=1S/C24H32O5/c1-9-7-13-17(21(26)11(3)20(13)25)16-12(9)8-14-18(16)19-22-10(2)15(28-23(19)27)5-6-24(14,4)29-22/h7,10-18,20-21,25-26H,5-6,8H2,1-4H3/t10-,11?,12?,13?,14?,15-,16?,17?,18?,20-,21+,24-/m0/s1. The number of esters is 1. The molecule has 0 spiro atoms. The smallest absolute Gasteiger partial charge is 0.338 e. The quantitative estimate of drug-likeness (QED) is 0.483. The van der Waals surface area contributed by atoms with Gasteiger partial charge in [0.2, 0.25) is 0 Å². The van der Waals surface area contributed by atoms with Gasteiger partial charge in [-0.25, -0.2) is 4.79 Å². The molecule has 7 unspecified atom stereocenters. The number of carbonyl (C=O) groups excluding carboxylic acids is 1. The first-order valence-electron chi connectivity index (χ1n) is 11.4. The van der Waals surface area contributed by atoms with Gasteiger partial charge in [0.1, 0.15) is 17.5 Å². The third kappa shape index (κ3) is 2.11. The first kappa shape index (κ1) is 18.4. The normalized spacial score (nSPS) is 57.4. The third-order valence-corrected chi connectivity index (χ3v) is 9.72. The molecule has 0 aromatic rings. The van der Waals surface area contributed by atoms with Crippen molar-refractivity contribution < 1.29 is 24.5 Å². The largest absolute Gasteiger partial charge is 0.491 e. The van der Waals surface area contributed by atoms with E-state index in [1.165, 1.54) is 5.57 Å². The summed E-state index contributed by atoms with van der Waals surface area (Å²) in [4.78, 5) is 13.2. The lowest BCUT2D eigenvalue weighted by atomic mass is 9.63. The summed E-state index contributed by atoms with van der Waals surface area (Å²) in [7, 11) is 0. The Hall–Kier alpha value is -1.33. The molecule has 0 radical (unpaired) electrons. The molecule has 6 rings (SSSR count). The molecule has 0 amide bonds. The lowest BCUT2D eigenvalue weighted by molar-refractivity contribution is -0.154. The zero-order valence-electron chi connectivity index (χ0n) is 17.7. The second-order valence-corrected chi connectivity index (χ2v) is 10.9. The van der Waals surface area contributed by atoms with E-state index in [0.717, 1.165) is 30.6 Å². The number of hydrogen-bond acceptors (Lipinski definition) is 5. The van der Waals surface area contributed by atoms with E-state index in [0.29, 0.717) is 5.92 Å². The van der Waals surface area contributed by atoms with Crippen molar-refractivity contribution in [2.75, 3.05) is 0 Å². The Bertz CT molecular complexity index is 844. The third-order valence-electron chi connectivity index (χ3n) is 9.72. The van der Waals surface area contributed by atoms with Crippen LogP contribution < -0.4 is 0 Å². The minimum atomic E-state index is -0.543. The lowest BCUT2D eigenvalue weighted by Crippen LogP contribution is -2.49. The van der Waals surface area contributed by atoms with E-state index in [1.807, 2.05) is 6.92 Å². The average molecular weight is 401 g/mol. The van der Waals surface area contributed by atoms with E-state index in [-0.39, 0.29) is 59.1 Å². The first-order valence-corrected chi connectivity index (χ1v) is 11.4. The minimum absolute atomic E-state index is 0.0126. The van der Waals surface area contributed by atoms with Gasteiger partial charge < -0.3 is 19.7 Å². The Balaban J connectivity index is 1.55. The molecule has 0 aromatic carbocycles. The van der Waals surface area contributed by atoms with E-state index in [2.05, 4.69) is 26.8 Å². The number of hydrogen-bond donors (Lipinski definition) is 2. The maximum absolute atomic E-state index is 13.2. The van der Waals surface area contributed by atoms with E-state index >= 15 is 0 Å². The summed E-state index contributed by atoms with van der Waals surface area (Å²) >= 11 is 0. The highest BCUT2D eigenvalue weighted by Crippen LogP contribution is 2.66. The van der Waals surface area contributed by atoms with Crippen LogP contribution in [0.2, 0.25) is 0 Å². The van der Waals surface area contributed by atoms with Gasteiger partial charge in [0.15, 0.2) is 0 Å². The Morgan fingerprint density at radius 3 is 2.69 bits per heavy atom. The van der Waals surface area contributed by atoms with Crippen LogP contribution in [0.3, 0.4) is 0 Å². The molecule has 2 N–H and O–H groups in total. The Kier molecular flexibility index (Phi) is 3.61. The van der Waals surface area contributed by atoms with Gasteiger partial charge in [-0.3, -0.25) is 0 Å². The van der Waals surface area contributed by atoms with Crippen LogP contribution in [0.15, 0.2) is 23.0 Å². The van der Waals surface area contributed by atoms with Gasteiger partial charge in [-0.05, 0) is 50.9 Å². The van der Waals surface area contributed by atoms with Crippen LogP contribution in [0.25, 0.3) is 0 Å². The molecular weight excluding hydrogens is 368 g/mol. The van der Waals surface area contributed by atoms with Gasteiger partial charge in [-0.1, -0.05) is 25.5 Å². The first-order chi connectivity index (χ1) is 13.7. The topological polar surface area (TPSA) is 76.0 Å². The number of carbonyl (C=O) groups is 1. The summed E-state index contributed by atoms with van der Waals surface area (Å²) in [6.45, 7) is 8.47. The van der Waals surface area contributed by atoms with Crippen molar-refractivity contribution in [2.24, 2.45) is 47.3 Å². The van der Waals surface area contributed by atoms with Crippen LogP contribution >= 0.6 is 0 Å². The van der Waals surface area contributed by atoms with Crippen molar-refractivity contribution in [3.05, 3.63) is 23.0 Å². The summed E-state index contributed by atoms with van der Waals surface area (Å²) in [6.07, 6.45) is 3.79. The molecule has 3 aliphatic heterocycles. The molecular formula is C24H32O5. The molecule has 2 saturated carbocycles. The van der Waals surface area contributed by atoms with Gasteiger partial charge in [0, 0.05) is 23.7 Å². The molecule has 3 aliphatic carbocycles. The van der Waals surface area contributed by atoms with Gasteiger partial charge >= 0.3 is 5.97 Å². The molecule has 5 nitrogen and oxygen atoms in total. The fraction of sp³-hybridized carbons (Fsp3) is 0.792. The average Bonchev–Trinajstić information content (AvgIpc) is 3.16. The number of aliphatic hydroxyl groups excluding tert-OH is 2. The molecule has 1 saturated heterocycles. The van der Waals surface area contributed by atoms with Gasteiger partial charge in [-0.15, -0.1) is 0 Å². The predicted octanol–water partition coefficient (Wildman–Crippen LogP) is 2.82. The van der Waals surface area contributed by atoms with Crippen molar-refractivity contribution in [1.29, 1.82) is 0 Å². The summed E-state index contributed by atoms with van der Waals surface area (Å²) in [5.74, 6) is 1.34. The summed E-state index contributed by atoms with van der Waals surface area (Å²) in [5, 5.41) is 22.0. The van der Waals surface area contributed by atoms with Crippen LogP contribution in [0, 0.1) is 47.3 Å². The van der Waals surface area contributed by atoms with Crippen molar-refractivity contribution in [3.8, 4) is 0 Å². The van der Waals surface area contributed by atoms with Crippen molar-refractivity contribution in [2.45, 2.75) is 70.9 Å². The second kappa shape index (κ2) is 5.67. The highest BCUT2D eigenvalue weighted by molar-refractivity contribution is 5.91. The molecule has 3 fully saturated rings. The van der Waals surface area contributed by atoms with E-state index < -0.39 is 12.2 Å². The number of aliphatic hydroxyl groups is 2. The van der Waals surface area contributed by atoms with Crippen LogP contribution in [0.1, 0.15) is 47.0 Å². The van der Waals surface area contributed by atoms with Crippen molar-refractivity contribution in [1.82, 2.24) is 0 Å². The number of ether oxygens (including phenoxy) is 2. The fourth-order valence-electron chi connectivity index (χ4n) is 8.16. The zero-order valence-corrected chi connectivity index (χ0v) is 17.7. The highest BCUT2D eigenvalue weighted by Gasteiger charge is 2.66. The molecule has 3 heterocycles. The van der Waals surface area contributed by atoms with E-state index in [4.69, 9.17) is 9.47 Å². The number of rotatable bonds is 0. The molecule has 5 heteroatoms. The SMILES string of the molecule is CC1=CC2C(C3C1CC1C3C3=C4O[C@@]1(C)CC[C@H](OC3=O)[C@@H]4C)[C@H](O)C(C)[C@@H]2O. The Labute approximate surface area is 172 Å². The van der Waals surface area contributed by atoms with Crippen LogP contribution in [0.5, 0.6) is 0 Å². The molecule has 158 valence electrons. The lowest BCUT2D eigenvalue weighted by Gasteiger charge is -2.48. The minimum Gasteiger partial charge on any atom is -0.491 e. The molecule has 29 heavy (non-hydrogen) atoms. The second-order valence-electron chi connectivity index (χ2n) is 10.9. The summed E-state index contributed by atoms with van der Waals surface area (Å²) < 4.78 is 12.6. The maximum atomic E-state index is 13.2. The highest BCUT2D eigenvalue weighted by atomic mass is 16.6. The van der Waals surface area contributed by atoms with E-state index in [9.17, 15) is 15.0 Å². The Morgan fingerprint density at radius 1 is 1.17 bits per heavy atom. The summed E-state index contributed by atoms with van der Waals surface area (Å²) in [5.41, 5.74) is 1.77.